The van der Waals surface area contributed by atoms with E-state index in [1.54, 1.807) is 12.1 Å². The van der Waals surface area contributed by atoms with E-state index in [4.69, 9.17) is 22.1 Å². The molecule has 0 amide bonds. The molecule has 1 unspecified atom stereocenters. The van der Waals surface area contributed by atoms with Gasteiger partial charge >= 0.3 is 0 Å². The summed E-state index contributed by atoms with van der Waals surface area (Å²) >= 11 is 6.09. The van der Waals surface area contributed by atoms with Gasteiger partial charge in [-0.25, -0.2) is 0 Å². The summed E-state index contributed by atoms with van der Waals surface area (Å²) in [6.07, 6.45) is 0.716. The van der Waals surface area contributed by atoms with Gasteiger partial charge < -0.3 is 0 Å². The van der Waals surface area contributed by atoms with Gasteiger partial charge in [0.05, 0.1) is 17.1 Å². The molecule has 0 fully saturated rings. The smallest absolute Gasteiger partial charge is 0.258 e. The summed E-state index contributed by atoms with van der Waals surface area (Å²) in [6, 6.07) is 9.80. The lowest BCUT2D eigenvalue weighted by Crippen LogP contribution is -2.22. The van der Waals surface area contributed by atoms with Gasteiger partial charge in [0.25, 0.3) is 5.69 Å². The second kappa shape index (κ2) is 6.00. The van der Waals surface area contributed by atoms with Crippen LogP contribution in [0.2, 0.25) is 0 Å². The molecule has 0 saturated heterocycles. The maximum Gasteiger partial charge on any atom is 0.269 e. The second-order valence-corrected chi connectivity index (χ2v) is 4.56. The first kappa shape index (κ1) is 14.0. The maximum atomic E-state index is 10.5. The molecule has 0 radical (unpaired) electrons. The van der Waals surface area contributed by atoms with Crippen molar-refractivity contribution in [3.05, 3.63) is 39.9 Å². The molecule has 1 aromatic carbocycles. The van der Waals surface area contributed by atoms with Crippen molar-refractivity contribution in [2.75, 3.05) is 0 Å². The Kier molecular flexibility index (Phi) is 4.65. The van der Waals surface area contributed by atoms with E-state index in [2.05, 4.69) is 0 Å². The van der Waals surface area contributed by atoms with Crippen molar-refractivity contribution in [3.8, 4) is 12.1 Å². The Morgan fingerprint density at radius 2 is 1.94 bits per heavy atom. The monoisotopic (exact) mass is 263 g/mol. The molecular weight excluding hydrogens is 254 g/mol. The molecule has 6 heteroatoms. The number of hydrogen-bond donors (Lipinski definition) is 0. The first-order valence-corrected chi connectivity index (χ1v) is 5.59. The average Bonchev–Trinajstić information content (AvgIpc) is 2.37. The standard InChI is InChI=1S/C12H10ClN3O2/c13-12(9-15,6-1-7-14)8-10-2-4-11(5-3-10)16(17)18/h2-5H,1,6,8H2. The molecule has 1 atom stereocenters. The number of alkyl halides is 1. The van der Waals surface area contributed by atoms with Crippen molar-refractivity contribution in [3.63, 3.8) is 0 Å². The summed E-state index contributed by atoms with van der Waals surface area (Å²) in [7, 11) is 0. The molecule has 5 nitrogen and oxygen atoms in total. The van der Waals surface area contributed by atoms with E-state index in [1.165, 1.54) is 12.1 Å². The highest BCUT2D eigenvalue weighted by molar-refractivity contribution is 6.26. The minimum Gasteiger partial charge on any atom is -0.258 e. The topological polar surface area (TPSA) is 90.7 Å². The fraction of sp³-hybridized carbons (Fsp3) is 0.333. The van der Waals surface area contributed by atoms with Crippen molar-refractivity contribution in [1.82, 2.24) is 0 Å². The highest BCUT2D eigenvalue weighted by Crippen LogP contribution is 2.26. The summed E-state index contributed by atoms with van der Waals surface area (Å²) in [5.74, 6) is 0. The molecule has 92 valence electrons. The van der Waals surface area contributed by atoms with Crippen molar-refractivity contribution in [2.45, 2.75) is 24.1 Å². The molecule has 1 rings (SSSR count). The number of benzene rings is 1. The quantitative estimate of drug-likeness (QED) is 0.464. The number of rotatable bonds is 5. The van der Waals surface area contributed by atoms with E-state index in [0.29, 0.717) is 0 Å². The molecule has 0 aliphatic heterocycles. The van der Waals surface area contributed by atoms with Crippen LogP contribution < -0.4 is 0 Å². The van der Waals surface area contributed by atoms with Gasteiger partial charge in [-0.3, -0.25) is 10.1 Å². The molecule has 0 aromatic heterocycles. The Balaban J connectivity index is 2.80. The van der Waals surface area contributed by atoms with E-state index < -0.39 is 9.80 Å². The van der Waals surface area contributed by atoms with Crippen LogP contribution in [0.3, 0.4) is 0 Å². The summed E-state index contributed by atoms with van der Waals surface area (Å²) in [6.45, 7) is 0. The van der Waals surface area contributed by atoms with E-state index >= 15 is 0 Å². The van der Waals surface area contributed by atoms with Gasteiger partial charge in [0, 0.05) is 25.0 Å². The molecule has 0 N–H and O–H groups in total. The van der Waals surface area contributed by atoms with Crippen molar-refractivity contribution >= 4 is 17.3 Å². The third kappa shape index (κ3) is 3.73. The van der Waals surface area contributed by atoms with Crippen molar-refractivity contribution in [2.24, 2.45) is 0 Å². The van der Waals surface area contributed by atoms with Crippen LogP contribution in [0, 0.1) is 32.8 Å². The zero-order valence-electron chi connectivity index (χ0n) is 9.47. The molecule has 0 spiro atoms. The Morgan fingerprint density at radius 1 is 1.33 bits per heavy atom. The molecule has 0 heterocycles. The normalized spacial score (nSPS) is 13.1. The van der Waals surface area contributed by atoms with Crippen LogP contribution in [0.4, 0.5) is 5.69 Å². The molecule has 0 aliphatic rings. The second-order valence-electron chi connectivity index (χ2n) is 3.84. The average molecular weight is 264 g/mol. The Hall–Kier alpha value is -2.11. The van der Waals surface area contributed by atoms with Gasteiger partial charge in [-0.05, 0) is 12.0 Å². The summed E-state index contributed by atoms with van der Waals surface area (Å²) < 4.78 is 0. The van der Waals surface area contributed by atoms with Crippen LogP contribution in [0.25, 0.3) is 0 Å². The van der Waals surface area contributed by atoms with Gasteiger partial charge in [0.15, 0.2) is 0 Å². The first-order chi connectivity index (χ1) is 8.50. The molecular formula is C12H10ClN3O2. The fourth-order valence-corrected chi connectivity index (χ4v) is 1.75. The van der Waals surface area contributed by atoms with E-state index in [0.717, 1.165) is 5.56 Å². The molecule has 0 bridgehead atoms. The third-order valence-electron chi connectivity index (χ3n) is 2.46. The van der Waals surface area contributed by atoms with Gasteiger partial charge in [-0.15, -0.1) is 11.6 Å². The number of nitro groups is 1. The number of nitro benzene ring substituents is 1. The first-order valence-electron chi connectivity index (χ1n) is 5.21. The van der Waals surface area contributed by atoms with Crippen molar-refractivity contribution < 1.29 is 4.92 Å². The third-order valence-corrected chi connectivity index (χ3v) is 2.87. The Labute approximate surface area is 109 Å². The lowest BCUT2D eigenvalue weighted by atomic mass is 9.95. The largest absolute Gasteiger partial charge is 0.269 e. The molecule has 18 heavy (non-hydrogen) atoms. The summed E-state index contributed by atoms with van der Waals surface area (Å²) in [5.41, 5.74) is 0.725. The number of nitriles is 2. The molecule has 0 aliphatic carbocycles. The predicted molar refractivity (Wildman–Crippen MR) is 65.8 cm³/mol. The van der Waals surface area contributed by atoms with Gasteiger partial charge in [-0.1, -0.05) is 12.1 Å². The van der Waals surface area contributed by atoms with Crippen LogP contribution >= 0.6 is 11.6 Å². The van der Waals surface area contributed by atoms with Crippen LogP contribution in [-0.2, 0) is 6.42 Å². The lowest BCUT2D eigenvalue weighted by molar-refractivity contribution is -0.384. The Bertz CT molecular complexity index is 516. The van der Waals surface area contributed by atoms with Crippen LogP contribution in [-0.4, -0.2) is 9.80 Å². The number of hydrogen-bond acceptors (Lipinski definition) is 4. The van der Waals surface area contributed by atoms with Crippen LogP contribution in [0.5, 0.6) is 0 Å². The minimum absolute atomic E-state index is 0.00657. The zero-order chi connectivity index (χ0) is 13.6. The SMILES string of the molecule is N#CCCC(Cl)(C#N)Cc1ccc([N+](=O)[O-])cc1. The maximum absolute atomic E-state index is 10.5. The lowest BCUT2D eigenvalue weighted by Gasteiger charge is -2.17. The fourth-order valence-electron chi connectivity index (χ4n) is 1.50. The van der Waals surface area contributed by atoms with Crippen molar-refractivity contribution in [1.29, 1.82) is 10.5 Å². The predicted octanol–water partition coefficient (Wildman–Crippen LogP) is 2.94. The van der Waals surface area contributed by atoms with Crippen LogP contribution in [0.1, 0.15) is 18.4 Å². The number of nitrogens with zero attached hydrogens (tertiary/aromatic N) is 3. The summed E-state index contributed by atoms with van der Waals surface area (Å²) in [4.78, 5) is 8.86. The molecule has 1 aromatic rings. The van der Waals surface area contributed by atoms with E-state index in [-0.39, 0.29) is 24.9 Å². The summed E-state index contributed by atoms with van der Waals surface area (Å²) in [5, 5.41) is 28.0. The van der Waals surface area contributed by atoms with E-state index in [1.807, 2.05) is 12.1 Å². The highest BCUT2D eigenvalue weighted by Gasteiger charge is 2.27. The molecule has 0 saturated carbocycles. The number of non-ortho nitro benzene ring substituents is 1. The van der Waals surface area contributed by atoms with Gasteiger partial charge in [0.2, 0.25) is 0 Å². The minimum atomic E-state index is -1.13. The van der Waals surface area contributed by atoms with Crippen LogP contribution in [0.15, 0.2) is 24.3 Å². The van der Waals surface area contributed by atoms with E-state index in [9.17, 15) is 10.1 Å². The zero-order valence-corrected chi connectivity index (χ0v) is 10.2. The highest BCUT2D eigenvalue weighted by atomic mass is 35.5. The van der Waals surface area contributed by atoms with Gasteiger partial charge in [0.1, 0.15) is 4.87 Å². The number of halogens is 1. The Morgan fingerprint density at radius 3 is 2.39 bits per heavy atom. The van der Waals surface area contributed by atoms with Gasteiger partial charge in [-0.2, -0.15) is 10.5 Å².